The molecule has 1 aliphatic heterocycles. The van der Waals surface area contributed by atoms with Gasteiger partial charge in [-0.25, -0.2) is 0 Å². The molecule has 1 aromatic rings. The van der Waals surface area contributed by atoms with Crippen LogP contribution in [0, 0.1) is 5.41 Å². The maximum Gasteiger partial charge on any atom is 0.251 e. The fourth-order valence-corrected chi connectivity index (χ4v) is 3.20. The molecule has 0 radical (unpaired) electrons. The summed E-state index contributed by atoms with van der Waals surface area (Å²) >= 11 is 0. The Morgan fingerprint density at radius 1 is 1.25 bits per heavy atom. The second-order valence-corrected chi connectivity index (χ2v) is 7.62. The Morgan fingerprint density at radius 3 is 2.60 bits per heavy atom. The van der Waals surface area contributed by atoms with E-state index in [1.54, 1.807) is 0 Å². The lowest BCUT2D eigenvalue weighted by Crippen LogP contribution is -2.45. The zero-order chi connectivity index (χ0) is 15.0. The topological polar surface area (TPSA) is 41.1 Å². The van der Waals surface area contributed by atoms with Crippen LogP contribution in [0.5, 0.6) is 0 Å². The summed E-state index contributed by atoms with van der Waals surface area (Å²) in [7, 11) is 0. The molecule has 1 aromatic carbocycles. The molecule has 0 aromatic heterocycles. The van der Waals surface area contributed by atoms with Crippen LogP contribution in [0.4, 0.5) is 5.69 Å². The van der Waals surface area contributed by atoms with Crippen molar-refractivity contribution in [2.75, 3.05) is 11.9 Å². The van der Waals surface area contributed by atoms with E-state index in [1.807, 2.05) is 18.2 Å². The number of carbonyl (C=O) groups excluding carboxylic acids is 1. The Balaban J connectivity index is 2.08. The van der Waals surface area contributed by atoms with E-state index >= 15 is 0 Å². The molecule has 0 spiro atoms. The number of anilines is 1. The van der Waals surface area contributed by atoms with Crippen molar-refractivity contribution in [2.45, 2.75) is 53.0 Å². The normalized spacial score (nSPS) is 14.7. The minimum atomic E-state index is -0.202. The number of nitrogens with one attached hydrogen (secondary N) is 2. The van der Waals surface area contributed by atoms with Crippen LogP contribution in [0.3, 0.4) is 0 Å². The van der Waals surface area contributed by atoms with Crippen molar-refractivity contribution in [1.29, 1.82) is 0 Å². The summed E-state index contributed by atoms with van der Waals surface area (Å²) in [5.41, 5.74) is 3.15. The van der Waals surface area contributed by atoms with Gasteiger partial charge < -0.3 is 10.6 Å². The van der Waals surface area contributed by atoms with Crippen molar-refractivity contribution in [2.24, 2.45) is 5.41 Å². The highest BCUT2D eigenvalue weighted by Crippen LogP contribution is 2.28. The largest absolute Gasteiger partial charge is 0.384 e. The molecule has 3 nitrogen and oxygen atoms in total. The van der Waals surface area contributed by atoms with Gasteiger partial charge in [0.15, 0.2) is 0 Å². The molecule has 1 aliphatic rings. The Morgan fingerprint density at radius 2 is 1.95 bits per heavy atom. The number of rotatable bonds is 3. The fraction of sp³-hybridized carbons (Fsp3) is 0.588. The molecule has 0 saturated heterocycles. The smallest absolute Gasteiger partial charge is 0.251 e. The Labute approximate surface area is 122 Å². The molecule has 0 aliphatic carbocycles. The van der Waals surface area contributed by atoms with Crippen molar-refractivity contribution in [3.8, 4) is 0 Å². The van der Waals surface area contributed by atoms with Crippen LogP contribution in [0.25, 0.3) is 0 Å². The molecular formula is C17H26N2O. The van der Waals surface area contributed by atoms with Crippen molar-refractivity contribution in [3.05, 3.63) is 29.3 Å². The Bertz CT molecular complexity index is 512. The Hall–Kier alpha value is -1.51. The van der Waals surface area contributed by atoms with E-state index < -0.39 is 0 Å². The Kier molecular flexibility index (Phi) is 3.81. The second kappa shape index (κ2) is 5.12. The van der Waals surface area contributed by atoms with Crippen molar-refractivity contribution >= 4 is 11.6 Å². The number of hydrogen-bond acceptors (Lipinski definition) is 2. The average Bonchev–Trinajstić information content (AvgIpc) is 2.71. The summed E-state index contributed by atoms with van der Waals surface area (Å²) in [5, 5.41) is 6.47. The molecule has 0 fully saturated rings. The van der Waals surface area contributed by atoms with Crippen LogP contribution in [0.2, 0.25) is 0 Å². The van der Waals surface area contributed by atoms with Crippen LogP contribution in [-0.2, 0) is 6.42 Å². The van der Waals surface area contributed by atoms with Crippen molar-refractivity contribution < 1.29 is 4.79 Å². The summed E-state index contributed by atoms with van der Waals surface area (Å²) in [6.07, 6.45) is 1.94. The summed E-state index contributed by atoms with van der Waals surface area (Å²) in [6.45, 7) is 11.7. The molecule has 3 heteroatoms. The molecule has 2 N–H and O–H groups in total. The molecule has 1 heterocycles. The van der Waals surface area contributed by atoms with Crippen LogP contribution in [0.1, 0.15) is 57.0 Å². The van der Waals surface area contributed by atoms with Gasteiger partial charge in [-0.1, -0.05) is 20.8 Å². The first kappa shape index (κ1) is 14.9. The van der Waals surface area contributed by atoms with E-state index in [0.717, 1.165) is 30.6 Å². The molecular weight excluding hydrogens is 248 g/mol. The van der Waals surface area contributed by atoms with E-state index in [1.165, 1.54) is 5.56 Å². The summed E-state index contributed by atoms with van der Waals surface area (Å²) in [6, 6.07) is 5.92. The molecule has 0 bridgehead atoms. The number of hydrogen-bond donors (Lipinski definition) is 2. The van der Waals surface area contributed by atoms with E-state index in [0.29, 0.717) is 0 Å². The SMILES string of the molecule is CC(C)(C)CC(C)(C)NC(=O)c1ccc2c(c1)CCN2. The zero-order valence-corrected chi connectivity index (χ0v) is 13.3. The van der Waals surface area contributed by atoms with Gasteiger partial charge in [0.25, 0.3) is 5.91 Å². The first-order valence-electron chi connectivity index (χ1n) is 7.36. The molecule has 2 rings (SSSR count). The van der Waals surface area contributed by atoms with Gasteiger partial charge in [-0.3, -0.25) is 4.79 Å². The van der Waals surface area contributed by atoms with Crippen LogP contribution >= 0.6 is 0 Å². The lowest BCUT2D eigenvalue weighted by molar-refractivity contribution is 0.0891. The minimum absolute atomic E-state index is 0.0222. The number of carbonyl (C=O) groups is 1. The van der Waals surface area contributed by atoms with Gasteiger partial charge in [0.05, 0.1) is 0 Å². The van der Waals surface area contributed by atoms with Gasteiger partial charge >= 0.3 is 0 Å². The molecule has 0 saturated carbocycles. The molecule has 0 unspecified atom stereocenters. The van der Waals surface area contributed by atoms with Gasteiger partial charge in [-0.15, -0.1) is 0 Å². The summed E-state index contributed by atoms with van der Waals surface area (Å²) in [4.78, 5) is 12.4. The number of amides is 1. The zero-order valence-electron chi connectivity index (χ0n) is 13.3. The molecule has 0 atom stereocenters. The predicted octanol–water partition coefficient (Wildman–Crippen LogP) is 3.60. The monoisotopic (exact) mass is 274 g/mol. The maximum atomic E-state index is 12.4. The standard InChI is InChI=1S/C17H26N2O/c1-16(2,3)11-17(4,5)19-15(20)13-6-7-14-12(10-13)8-9-18-14/h6-7,10,18H,8-9,11H2,1-5H3,(H,19,20). The van der Waals surface area contributed by atoms with E-state index in [9.17, 15) is 4.79 Å². The highest BCUT2D eigenvalue weighted by molar-refractivity contribution is 5.95. The summed E-state index contributed by atoms with van der Waals surface area (Å²) < 4.78 is 0. The first-order valence-corrected chi connectivity index (χ1v) is 7.36. The first-order chi connectivity index (χ1) is 9.16. The third-order valence-corrected chi connectivity index (χ3v) is 3.50. The summed E-state index contributed by atoms with van der Waals surface area (Å²) in [5.74, 6) is 0.0222. The van der Waals surface area contributed by atoms with E-state index in [2.05, 4.69) is 45.3 Å². The lowest BCUT2D eigenvalue weighted by Gasteiger charge is -2.33. The average molecular weight is 274 g/mol. The fourth-order valence-electron chi connectivity index (χ4n) is 3.20. The number of benzene rings is 1. The lowest BCUT2D eigenvalue weighted by atomic mass is 9.81. The third kappa shape index (κ3) is 3.75. The van der Waals surface area contributed by atoms with Gasteiger partial charge in [0, 0.05) is 23.3 Å². The van der Waals surface area contributed by atoms with Crippen LogP contribution in [0.15, 0.2) is 18.2 Å². The van der Waals surface area contributed by atoms with Crippen molar-refractivity contribution in [3.63, 3.8) is 0 Å². The van der Waals surface area contributed by atoms with Gasteiger partial charge in [0.1, 0.15) is 0 Å². The van der Waals surface area contributed by atoms with E-state index in [4.69, 9.17) is 0 Å². The predicted molar refractivity (Wildman–Crippen MR) is 84.3 cm³/mol. The van der Waals surface area contributed by atoms with Crippen molar-refractivity contribution in [1.82, 2.24) is 5.32 Å². The van der Waals surface area contributed by atoms with E-state index in [-0.39, 0.29) is 16.9 Å². The quantitative estimate of drug-likeness (QED) is 0.884. The molecule has 1 amide bonds. The molecule has 110 valence electrons. The van der Waals surface area contributed by atoms with Gasteiger partial charge in [-0.05, 0) is 55.9 Å². The van der Waals surface area contributed by atoms with Gasteiger partial charge in [0.2, 0.25) is 0 Å². The highest BCUT2D eigenvalue weighted by Gasteiger charge is 2.27. The number of fused-ring (bicyclic) bond motifs is 1. The molecule has 20 heavy (non-hydrogen) atoms. The van der Waals surface area contributed by atoms with Crippen LogP contribution < -0.4 is 10.6 Å². The van der Waals surface area contributed by atoms with Gasteiger partial charge in [-0.2, -0.15) is 0 Å². The second-order valence-electron chi connectivity index (χ2n) is 7.62. The third-order valence-electron chi connectivity index (χ3n) is 3.50. The minimum Gasteiger partial charge on any atom is -0.384 e. The van der Waals surface area contributed by atoms with Crippen LogP contribution in [-0.4, -0.2) is 18.0 Å². The maximum absolute atomic E-state index is 12.4. The highest BCUT2D eigenvalue weighted by atomic mass is 16.1.